The summed E-state index contributed by atoms with van der Waals surface area (Å²) in [6.45, 7) is 5.17. The summed E-state index contributed by atoms with van der Waals surface area (Å²) in [7, 11) is 2.34. The smallest absolute Gasteiger partial charge is 0.0830 e. The van der Waals surface area contributed by atoms with Crippen molar-refractivity contribution in [3.63, 3.8) is 0 Å². The molecule has 3 heteroatoms. The zero-order chi connectivity index (χ0) is 23.3. The summed E-state index contributed by atoms with van der Waals surface area (Å²) in [5.41, 5.74) is 3.55. The Hall–Kier alpha value is -2.91. The molecule has 3 aromatic carbocycles. The molecule has 0 bridgehead atoms. The van der Waals surface area contributed by atoms with Gasteiger partial charge in [-0.1, -0.05) is 90.5 Å². The lowest BCUT2D eigenvalue weighted by Gasteiger charge is -2.43. The van der Waals surface area contributed by atoms with Gasteiger partial charge in [0.05, 0.1) is 32.1 Å². The van der Waals surface area contributed by atoms with Crippen LogP contribution in [0.3, 0.4) is 0 Å². The first-order chi connectivity index (χ1) is 15.9. The van der Waals surface area contributed by atoms with Gasteiger partial charge in [0, 0.05) is 12.3 Å². The Balaban J connectivity index is 1.56. The monoisotopic (exact) mass is 440 g/mol. The molecule has 0 aromatic heterocycles. The molecule has 1 saturated heterocycles. The molecule has 1 aliphatic heterocycles. The van der Waals surface area contributed by atoms with E-state index in [9.17, 15) is 5.11 Å². The highest BCUT2D eigenvalue weighted by Gasteiger charge is 2.49. The van der Waals surface area contributed by atoms with Gasteiger partial charge in [-0.2, -0.15) is 0 Å². The molecule has 0 aliphatic carbocycles. The molecule has 1 aliphatic rings. The maximum Gasteiger partial charge on any atom is 0.0830 e. The van der Waals surface area contributed by atoms with Gasteiger partial charge in [-0.25, -0.2) is 0 Å². The molecule has 4 rings (SSSR count). The largest absolute Gasteiger partial charge is 0.861 e. The summed E-state index contributed by atoms with van der Waals surface area (Å²) in [5.74, 6) is -0.368. The number of likely N-dealkylation sites (tertiary alicyclic amines) is 1. The van der Waals surface area contributed by atoms with Crippen molar-refractivity contribution in [1.82, 2.24) is 0 Å². The third-order valence-electron chi connectivity index (χ3n) is 7.61. The quantitative estimate of drug-likeness (QED) is 0.214. The lowest BCUT2D eigenvalue weighted by molar-refractivity contribution is -0.899. The van der Waals surface area contributed by atoms with Crippen LogP contribution in [-0.4, -0.2) is 37.1 Å². The van der Waals surface area contributed by atoms with Crippen molar-refractivity contribution in [2.75, 3.05) is 26.7 Å². The molecule has 2 unspecified atom stereocenters. The number of aryl methyl sites for hydroxylation is 2. The van der Waals surface area contributed by atoms with Crippen LogP contribution in [-0.2, 0) is 11.8 Å². The van der Waals surface area contributed by atoms with Gasteiger partial charge in [-0.05, 0) is 48.8 Å². The van der Waals surface area contributed by atoms with Crippen molar-refractivity contribution >= 4 is 5.90 Å². The van der Waals surface area contributed by atoms with Crippen LogP contribution < -0.4 is 5.11 Å². The van der Waals surface area contributed by atoms with E-state index in [0.29, 0.717) is 0 Å². The lowest BCUT2D eigenvalue weighted by atomic mass is 9.64. The molecule has 0 radical (unpaired) electrons. The van der Waals surface area contributed by atoms with Crippen LogP contribution in [0.5, 0.6) is 0 Å². The zero-order valence-electron chi connectivity index (χ0n) is 20.0. The topological polar surface area (TPSA) is 46.9 Å². The Morgan fingerprint density at radius 1 is 0.939 bits per heavy atom. The number of hydrogen-bond donors (Lipinski definition) is 1. The highest BCUT2D eigenvalue weighted by Crippen LogP contribution is 2.45. The summed E-state index contributed by atoms with van der Waals surface area (Å²) in [6, 6.07) is 29.0. The summed E-state index contributed by atoms with van der Waals surface area (Å²) in [4.78, 5) is 0. The van der Waals surface area contributed by atoms with Crippen molar-refractivity contribution < 1.29 is 9.59 Å². The molecule has 1 N–H and O–H groups in total. The third kappa shape index (κ3) is 4.89. The number of rotatable bonds is 9. The highest BCUT2D eigenvalue weighted by atomic mass is 16.3. The second kappa shape index (κ2) is 9.93. The van der Waals surface area contributed by atoms with E-state index < -0.39 is 11.3 Å². The number of quaternary nitrogens is 1. The Bertz CT molecular complexity index is 1060. The molecular formula is C30H36N2O. The van der Waals surface area contributed by atoms with Gasteiger partial charge in [0.2, 0.25) is 0 Å². The predicted molar refractivity (Wildman–Crippen MR) is 134 cm³/mol. The lowest BCUT2D eigenvalue weighted by Crippen LogP contribution is -2.52. The van der Waals surface area contributed by atoms with Gasteiger partial charge in [-0.15, -0.1) is 0 Å². The molecule has 0 saturated carbocycles. The maximum atomic E-state index is 13.3. The van der Waals surface area contributed by atoms with Crippen molar-refractivity contribution in [1.29, 1.82) is 5.41 Å². The summed E-state index contributed by atoms with van der Waals surface area (Å²) >= 11 is 0. The van der Waals surface area contributed by atoms with E-state index in [-0.39, 0.29) is 5.92 Å². The normalized spacial score (nSPS) is 22.1. The second-order valence-electron chi connectivity index (χ2n) is 10.1. The van der Waals surface area contributed by atoms with E-state index in [4.69, 9.17) is 5.41 Å². The van der Waals surface area contributed by atoms with Crippen LogP contribution in [0.25, 0.3) is 0 Å². The Labute approximate surface area is 198 Å². The van der Waals surface area contributed by atoms with Gasteiger partial charge in [0.25, 0.3) is 0 Å². The summed E-state index contributed by atoms with van der Waals surface area (Å²) in [6.07, 6.45) is 4.44. The molecule has 3 aromatic rings. The fraction of sp³-hybridized carbons (Fsp3) is 0.367. The van der Waals surface area contributed by atoms with Gasteiger partial charge in [0.1, 0.15) is 0 Å². The Morgan fingerprint density at radius 3 is 2.27 bits per heavy atom. The van der Waals surface area contributed by atoms with Crippen molar-refractivity contribution in [2.45, 2.75) is 38.0 Å². The van der Waals surface area contributed by atoms with Gasteiger partial charge < -0.3 is 15.0 Å². The van der Waals surface area contributed by atoms with Crippen LogP contribution in [0.2, 0.25) is 0 Å². The first-order valence-electron chi connectivity index (χ1n) is 12.2. The molecule has 1 heterocycles. The van der Waals surface area contributed by atoms with Crippen LogP contribution in [0.15, 0.2) is 84.9 Å². The first kappa shape index (κ1) is 23.3. The number of nitrogens with one attached hydrogen (secondary N) is 1. The molecule has 0 spiro atoms. The number of benzene rings is 3. The molecule has 172 valence electrons. The maximum absolute atomic E-state index is 13.3. The van der Waals surface area contributed by atoms with E-state index in [0.717, 1.165) is 53.6 Å². The van der Waals surface area contributed by atoms with Crippen molar-refractivity contribution in [3.8, 4) is 0 Å². The van der Waals surface area contributed by atoms with Gasteiger partial charge in [0.15, 0.2) is 0 Å². The number of nitrogens with zero attached hydrogens (tertiary/aromatic N) is 1. The fourth-order valence-corrected chi connectivity index (χ4v) is 5.88. The number of hydrogen-bond acceptors (Lipinski definition) is 2. The third-order valence-corrected chi connectivity index (χ3v) is 7.61. The van der Waals surface area contributed by atoms with Gasteiger partial charge in [-0.3, -0.25) is 0 Å². The average molecular weight is 441 g/mol. The second-order valence-corrected chi connectivity index (χ2v) is 10.1. The van der Waals surface area contributed by atoms with E-state index in [1.54, 1.807) is 0 Å². The molecular weight excluding hydrogens is 404 g/mol. The van der Waals surface area contributed by atoms with E-state index in [1.165, 1.54) is 18.4 Å². The molecule has 1 fully saturated rings. The van der Waals surface area contributed by atoms with E-state index >= 15 is 0 Å². The molecule has 0 amide bonds. The predicted octanol–water partition coefficient (Wildman–Crippen LogP) is 5.11. The minimum atomic E-state index is -0.909. The molecule has 3 atom stereocenters. The zero-order valence-corrected chi connectivity index (χ0v) is 20.0. The molecule has 33 heavy (non-hydrogen) atoms. The highest BCUT2D eigenvalue weighted by molar-refractivity contribution is 5.87. The minimum Gasteiger partial charge on any atom is -0.861 e. The molecule has 3 nitrogen and oxygen atoms in total. The van der Waals surface area contributed by atoms with Crippen molar-refractivity contribution in [2.24, 2.45) is 5.92 Å². The summed E-state index contributed by atoms with van der Waals surface area (Å²) < 4.78 is 0.979. The van der Waals surface area contributed by atoms with Crippen LogP contribution in [0.1, 0.15) is 41.5 Å². The fourth-order valence-electron chi connectivity index (χ4n) is 5.88. The summed E-state index contributed by atoms with van der Waals surface area (Å²) in [5, 5.41) is 21.8. The Morgan fingerprint density at radius 2 is 1.61 bits per heavy atom. The van der Waals surface area contributed by atoms with Gasteiger partial charge >= 0.3 is 0 Å². The average Bonchev–Trinajstić information content (AvgIpc) is 3.21. The van der Waals surface area contributed by atoms with Crippen LogP contribution in [0.4, 0.5) is 0 Å². The SMILES string of the molecule is Cc1cccc(C(C(=N)[O-])(c2ccccc2)[C@@H]2CC[N+](C)(CCCCc3ccccc3)C2)c1. The standard InChI is InChI=1S/C30H36N2O/c1-24-12-11-18-27(22-24)30(29(31)33,26-16-7-4-8-17-26)28-19-21-32(2,23-28)20-10-9-15-25-13-5-3-6-14-25/h3-8,11-14,16-18,22,28H,9-10,15,19-21,23H2,1-2H3,(H-,31,33)/t28-,30?,32?/m1/s1. The van der Waals surface area contributed by atoms with E-state index in [1.807, 2.05) is 36.4 Å². The Kier molecular flexibility index (Phi) is 6.99. The minimum absolute atomic E-state index is 0.117. The van der Waals surface area contributed by atoms with E-state index in [2.05, 4.69) is 62.5 Å². The van der Waals surface area contributed by atoms with Crippen molar-refractivity contribution in [3.05, 3.63) is 107 Å². The van der Waals surface area contributed by atoms with Crippen LogP contribution >= 0.6 is 0 Å². The van der Waals surface area contributed by atoms with Crippen LogP contribution in [0, 0.1) is 18.3 Å². The first-order valence-corrected chi connectivity index (χ1v) is 12.2. The number of unbranched alkanes of at least 4 members (excludes halogenated alkanes) is 1.